The first kappa shape index (κ1) is 13.5. The Kier molecular flexibility index (Phi) is 4.74. The summed E-state index contributed by atoms with van der Waals surface area (Å²) in [5.74, 6) is 0.150. The van der Waals surface area contributed by atoms with Crippen LogP contribution in [0.1, 0.15) is 23.8 Å². The van der Waals surface area contributed by atoms with Gasteiger partial charge in [0, 0.05) is 30.6 Å². The summed E-state index contributed by atoms with van der Waals surface area (Å²) in [5, 5.41) is 14.0. The smallest absolute Gasteiger partial charge is 0.236 e. The minimum atomic E-state index is 0.150. The Morgan fingerprint density at radius 3 is 3.28 bits per heavy atom. The van der Waals surface area contributed by atoms with Gasteiger partial charge in [0.2, 0.25) is 5.91 Å². The Hall–Kier alpha value is -0.910. The molecule has 1 aromatic rings. The molecule has 2 heterocycles. The molecule has 4 nitrogen and oxygen atoms in total. The summed E-state index contributed by atoms with van der Waals surface area (Å²) in [4.78, 5) is 15.4. The highest BCUT2D eigenvalue weighted by Gasteiger charge is 2.21. The standard InChI is InChI=1S/C13H20N2O2S/c1-10(3-6-16)14-8-13(17)15-5-2-12-11(9-15)4-7-18-12/h4,7,10,14,16H,2-3,5-6,8-9H2,1H3. The molecule has 1 atom stereocenters. The van der Waals surface area contributed by atoms with Crippen LogP contribution in [-0.4, -0.2) is 41.7 Å². The van der Waals surface area contributed by atoms with Crippen LogP contribution in [0.2, 0.25) is 0 Å². The van der Waals surface area contributed by atoms with Crippen LogP contribution in [-0.2, 0) is 17.8 Å². The molecule has 0 saturated carbocycles. The fraction of sp³-hybridized carbons (Fsp3) is 0.615. The number of hydrogen-bond acceptors (Lipinski definition) is 4. The molecule has 0 fully saturated rings. The van der Waals surface area contributed by atoms with Gasteiger partial charge in [-0.05, 0) is 36.8 Å². The van der Waals surface area contributed by atoms with Gasteiger partial charge in [0.05, 0.1) is 6.54 Å². The van der Waals surface area contributed by atoms with Crippen molar-refractivity contribution in [2.24, 2.45) is 0 Å². The van der Waals surface area contributed by atoms with E-state index in [1.165, 1.54) is 10.4 Å². The van der Waals surface area contributed by atoms with Crippen LogP contribution in [0.3, 0.4) is 0 Å². The zero-order valence-electron chi connectivity index (χ0n) is 10.7. The average Bonchev–Trinajstić information content (AvgIpc) is 2.83. The number of fused-ring (bicyclic) bond motifs is 1. The van der Waals surface area contributed by atoms with Gasteiger partial charge in [0.15, 0.2) is 0 Å². The van der Waals surface area contributed by atoms with E-state index in [2.05, 4.69) is 16.8 Å². The minimum Gasteiger partial charge on any atom is -0.396 e. The quantitative estimate of drug-likeness (QED) is 0.837. The number of rotatable bonds is 5. The van der Waals surface area contributed by atoms with Gasteiger partial charge < -0.3 is 15.3 Å². The largest absolute Gasteiger partial charge is 0.396 e. The minimum absolute atomic E-state index is 0.150. The van der Waals surface area contributed by atoms with Gasteiger partial charge >= 0.3 is 0 Å². The average molecular weight is 268 g/mol. The Morgan fingerprint density at radius 1 is 1.67 bits per heavy atom. The van der Waals surface area contributed by atoms with Gasteiger partial charge in [-0.25, -0.2) is 0 Å². The molecule has 0 saturated heterocycles. The lowest BCUT2D eigenvalue weighted by Gasteiger charge is -2.27. The second-order valence-electron chi connectivity index (χ2n) is 4.73. The van der Waals surface area contributed by atoms with Crippen molar-refractivity contribution in [1.29, 1.82) is 0 Å². The molecule has 0 radical (unpaired) electrons. The summed E-state index contributed by atoms with van der Waals surface area (Å²) in [6.45, 7) is 4.07. The summed E-state index contributed by atoms with van der Waals surface area (Å²) < 4.78 is 0. The van der Waals surface area contributed by atoms with E-state index in [1.807, 2.05) is 11.8 Å². The number of aliphatic hydroxyl groups is 1. The summed E-state index contributed by atoms with van der Waals surface area (Å²) >= 11 is 1.78. The number of aliphatic hydroxyl groups excluding tert-OH is 1. The van der Waals surface area contributed by atoms with Crippen molar-refractivity contribution in [1.82, 2.24) is 10.2 Å². The second kappa shape index (κ2) is 6.31. The molecule has 1 aliphatic heterocycles. The van der Waals surface area contributed by atoms with Gasteiger partial charge in [-0.15, -0.1) is 11.3 Å². The summed E-state index contributed by atoms with van der Waals surface area (Å²) in [7, 11) is 0. The number of nitrogens with one attached hydrogen (secondary N) is 1. The van der Waals surface area contributed by atoms with Gasteiger partial charge in [-0.3, -0.25) is 4.79 Å². The fourth-order valence-electron chi connectivity index (χ4n) is 2.13. The molecule has 18 heavy (non-hydrogen) atoms. The molecular weight excluding hydrogens is 248 g/mol. The number of amides is 1. The van der Waals surface area contributed by atoms with Crippen LogP contribution in [0, 0.1) is 0 Å². The lowest BCUT2D eigenvalue weighted by atomic mass is 10.1. The van der Waals surface area contributed by atoms with Crippen LogP contribution in [0.5, 0.6) is 0 Å². The topological polar surface area (TPSA) is 52.6 Å². The van der Waals surface area contributed by atoms with E-state index >= 15 is 0 Å². The van der Waals surface area contributed by atoms with Gasteiger partial charge in [-0.2, -0.15) is 0 Å². The summed E-state index contributed by atoms with van der Waals surface area (Å²) in [5.41, 5.74) is 1.29. The van der Waals surface area contributed by atoms with E-state index in [0.29, 0.717) is 13.0 Å². The van der Waals surface area contributed by atoms with E-state index in [4.69, 9.17) is 5.11 Å². The zero-order valence-corrected chi connectivity index (χ0v) is 11.5. The predicted molar refractivity (Wildman–Crippen MR) is 72.6 cm³/mol. The first-order valence-corrected chi connectivity index (χ1v) is 7.26. The van der Waals surface area contributed by atoms with Crippen LogP contribution in [0.25, 0.3) is 0 Å². The monoisotopic (exact) mass is 268 g/mol. The van der Waals surface area contributed by atoms with E-state index in [-0.39, 0.29) is 18.6 Å². The maximum atomic E-state index is 12.0. The SMILES string of the molecule is CC(CCO)NCC(=O)N1CCc2sccc2C1. The maximum Gasteiger partial charge on any atom is 0.236 e. The summed E-state index contributed by atoms with van der Waals surface area (Å²) in [6.07, 6.45) is 1.66. The molecule has 2 N–H and O–H groups in total. The number of nitrogens with zero attached hydrogens (tertiary/aromatic N) is 1. The van der Waals surface area contributed by atoms with E-state index in [1.54, 1.807) is 11.3 Å². The highest BCUT2D eigenvalue weighted by atomic mass is 32.1. The van der Waals surface area contributed by atoms with E-state index < -0.39 is 0 Å². The van der Waals surface area contributed by atoms with Crippen molar-refractivity contribution < 1.29 is 9.90 Å². The van der Waals surface area contributed by atoms with Crippen molar-refractivity contribution in [3.05, 3.63) is 21.9 Å². The van der Waals surface area contributed by atoms with E-state index in [0.717, 1.165) is 19.5 Å². The van der Waals surface area contributed by atoms with Crippen LogP contribution < -0.4 is 5.32 Å². The third kappa shape index (κ3) is 3.31. The van der Waals surface area contributed by atoms with Crippen molar-refractivity contribution in [2.75, 3.05) is 19.7 Å². The van der Waals surface area contributed by atoms with Crippen molar-refractivity contribution in [3.63, 3.8) is 0 Å². The van der Waals surface area contributed by atoms with Crippen molar-refractivity contribution >= 4 is 17.2 Å². The van der Waals surface area contributed by atoms with Gasteiger partial charge in [0.1, 0.15) is 0 Å². The lowest BCUT2D eigenvalue weighted by Crippen LogP contribution is -2.43. The fourth-order valence-corrected chi connectivity index (χ4v) is 3.02. The third-order valence-electron chi connectivity index (χ3n) is 3.32. The van der Waals surface area contributed by atoms with Crippen molar-refractivity contribution in [2.45, 2.75) is 32.4 Å². The molecule has 0 bridgehead atoms. The second-order valence-corrected chi connectivity index (χ2v) is 5.73. The highest BCUT2D eigenvalue weighted by Crippen LogP contribution is 2.23. The van der Waals surface area contributed by atoms with Gasteiger partial charge in [0.25, 0.3) is 0 Å². The first-order chi connectivity index (χ1) is 8.70. The van der Waals surface area contributed by atoms with Crippen LogP contribution in [0.4, 0.5) is 0 Å². The Morgan fingerprint density at radius 2 is 2.50 bits per heavy atom. The summed E-state index contributed by atoms with van der Waals surface area (Å²) in [6, 6.07) is 2.29. The number of hydrogen-bond donors (Lipinski definition) is 2. The molecule has 0 aromatic carbocycles. The molecule has 2 rings (SSSR count). The first-order valence-electron chi connectivity index (χ1n) is 6.38. The molecule has 1 aliphatic rings. The molecule has 1 amide bonds. The molecule has 5 heteroatoms. The highest BCUT2D eigenvalue weighted by molar-refractivity contribution is 7.10. The Bertz CT molecular complexity index is 405. The molecule has 0 aliphatic carbocycles. The Balaban J connectivity index is 1.80. The van der Waals surface area contributed by atoms with Gasteiger partial charge in [-0.1, -0.05) is 0 Å². The maximum absolute atomic E-state index is 12.0. The van der Waals surface area contributed by atoms with Crippen LogP contribution in [0.15, 0.2) is 11.4 Å². The Labute approximate surface area is 112 Å². The normalized spacial score (nSPS) is 16.4. The number of thiophene rings is 1. The van der Waals surface area contributed by atoms with Crippen molar-refractivity contribution in [3.8, 4) is 0 Å². The molecule has 1 unspecified atom stereocenters. The predicted octanol–water partition coefficient (Wildman–Crippen LogP) is 0.993. The molecule has 1 aromatic heterocycles. The van der Waals surface area contributed by atoms with Crippen LogP contribution >= 0.6 is 11.3 Å². The zero-order chi connectivity index (χ0) is 13.0. The van der Waals surface area contributed by atoms with E-state index in [9.17, 15) is 4.79 Å². The third-order valence-corrected chi connectivity index (χ3v) is 4.35. The molecule has 0 spiro atoms. The number of carbonyl (C=O) groups is 1. The lowest BCUT2D eigenvalue weighted by molar-refractivity contribution is -0.131. The number of carbonyl (C=O) groups excluding carboxylic acids is 1. The molecular formula is C13H20N2O2S. The molecule has 100 valence electrons.